The van der Waals surface area contributed by atoms with Gasteiger partial charge in [0.25, 0.3) is 11.1 Å². The number of likely N-dealkylation sites (N-methyl/N-ethyl adjacent to an activating group) is 2. The number of nitrogens with zero attached hydrogens (tertiary/aromatic N) is 2. The second-order valence-electron chi connectivity index (χ2n) is 7.04. The molecule has 26 heavy (non-hydrogen) atoms. The summed E-state index contributed by atoms with van der Waals surface area (Å²) in [5.41, 5.74) is 4.07. The summed E-state index contributed by atoms with van der Waals surface area (Å²) in [4.78, 5) is 28.3. The number of benzene rings is 1. The molecule has 2 aliphatic heterocycles. The first kappa shape index (κ1) is 19.1. The van der Waals surface area contributed by atoms with Gasteiger partial charge in [-0.25, -0.2) is 0 Å². The number of anilines is 1. The first-order chi connectivity index (χ1) is 12.2. The Morgan fingerprint density at radius 3 is 2.46 bits per heavy atom. The van der Waals surface area contributed by atoms with Crippen LogP contribution < -0.4 is 4.90 Å². The van der Waals surface area contributed by atoms with Crippen LogP contribution in [0.3, 0.4) is 0 Å². The first-order valence-corrected chi connectivity index (χ1v) is 9.95. The Bertz CT molecular complexity index is 858. The van der Waals surface area contributed by atoms with Crippen LogP contribution in [0.5, 0.6) is 0 Å². The average Bonchev–Trinajstić information content (AvgIpc) is 2.81. The first-order valence-electron chi connectivity index (χ1n) is 8.76. The van der Waals surface area contributed by atoms with Gasteiger partial charge in [0.2, 0.25) is 0 Å². The van der Waals surface area contributed by atoms with Crippen molar-refractivity contribution in [3.63, 3.8) is 0 Å². The molecule has 0 bridgehead atoms. The summed E-state index contributed by atoms with van der Waals surface area (Å²) in [6.07, 6.45) is 3.98. The van der Waals surface area contributed by atoms with E-state index in [0.29, 0.717) is 16.5 Å². The van der Waals surface area contributed by atoms with Crippen LogP contribution in [0.15, 0.2) is 23.1 Å². The molecule has 0 unspecified atom stereocenters. The number of carbonyl (C=O) groups excluding carboxylic acids is 2. The fraction of sp³-hybridized carbons (Fsp3) is 0.400. The Labute approximate surface area is 163 Å². The van der Waals surface area contributed by atoms with Crippen molar-refractivity contribution in [2.24, 2.45) is 0 Å². The molecule has 1 saturated heterocycles. The highest BCUT2D eigenvalue weighted by Gasteiger charge is 2.34. The number of thioether (sulfide) groups is 1. The van der Waals surface area contributed by atoms with Gasteiger partial charge in [0.15, 0.2) is 0 Å². The van der Waals surface area contributed by atoms with E-state index < -0.39 is 0 Å². The van der Waals surface area contributed by atoms with Crippen LogP contribution >= 0.6 is 23.4 Å². The molecule has 1 aromatic rings. The Morgan fingerprint density at radius 1 is 1.19 bits per heavy atom. The van der Waals surface area contributed by atoms with Crippen LogP contribution in [0, 0.1) is 0 Å². The topological polar surface area (TPSA) is 40.6 Å². The lowest BCUT2D eigenvalue weighted by Gasteiger charge is -2.43. The van der Waals surface area contributed by atoms with Crippen LogP contribution in [0.25, 0.3) is 11.6 Å². The smallest absolute Gasteiger partial charge is 0.293 e. The molecular formula is C20H23ClN2O2S. The third-order valence-corrected chi connectivity index (χ3v) is 6.12. The highest BCUT2D eigenvalue weighted by molar-refractivity contribution is 8.18. The van der Waals surface area contributed by atoms with Crippen LogP contribution in [0.1, 0.15) is 45.7 Å². The third kappa shape index (κ3) is 3.08. The van der Waals surface area contributed by atoms with Gasteiger partial charge in [-0.1, -0.05) is 17.7 Å². The molecule has 138 valence electrons. The van der Waals surface area contributed by atoms with Gasteiger partial charge in [-0.05, 0) is 75.7 Å². The molecule has 2 heterocycles. The molecule has 0 radical (unpaired) electrons. The summed E-state index contributed by atoms with van der Waals surface area (Å²) in [5, 5.41) is 0.351. The highest BCUT2D eigenvalue weighted by Crippen LogP contribution is 2.42. The Morgan fingerprint density at radius 2 is 1.88 bits per heavy atom. The molecule has 0 atom stereocenters. The van der Waals surface area contributed by atoms with Gasteiger partial charge < -0.3 is 4.90 Å². The number of imide groups is 1. The van der Waals surface area contributed by atoms with Gasteiger partial charge in [0.05, 0.1) is 10.4 Å². The van der Waals surface area contributed by atoms with Gasteiger partial charge >= 0.3 is 0 Å². The Balaban J connectivity index is 2.08. The molecule has 2 aliphatic rings. The van der Waals surface area contributed by atoms with Crippen LogP contribution in [-0.4, -0.2) is 34.7 Å². The monoisotopic (exact) mass is 390 g/mol. The number of allylic oxidation sites excluding steroid dienone is 1. The summed E-state index contributed by atoms with van der Waals surface area (Å²) in [7, 11) is 0. The predicted molar refractivity (Wildman–Crippen MR) is 111 cm³/mol. The molecule has 0 aliphatic carbocycles. The maximum Gasteiger partial charge on any atom is 0.293 e. The minimum Gasteiger partial charge on any atom is -0.363 e. The zero-order chi connectivity index (χ0) is 19.2. The highest BCUT2D eigenvalue weighted by atomic mass is 35.5. The number of halogens is 1. The van der Waals surface area contributed by atoms with Crippen molar-refractivity contribution in [2.75, 3.05) is 18.0 Å². The number of carbonyl (C=O) groups is 2. The Hall–Kier alpha value is -1.72. The van der Waals surface area contributed by atoms with Crippen molar-refractivity contribution in [1.29, 1.82) is 0 Å². The number of amides is 2. The lowest BCUT2D eigenvalue weighted by atomic mass is 9.88. The molecule has 0 aromatic heterocycles. The average molecular weight is 391 g/mol. The number of hydrogen-bond donors (Lipinski definition) is 0. The molecule has 1 aromatic carbocycles. The fourth-order valence-corrected chi connectivity index (χ4v) is 4.82. The van der Waals surface area contributed by atoms with Gasteiger partial charge in [0.1, 0.15) is 0 Å². The molecule has 1 fully saturated rings. The number of rotatable bonds is 3. The van der Waals surface area contributed by atoms with Crippen molar-refractivity contribution in [3.05, 3.63) is 39.3 Å². The summed E-state index contributed by atoms with van der Waals surface area (Å²) >= 11 is 7.52. The van der Waals surface area contributed by atoms with Gasteiger partial charge in [-0.3, -0.25) is 14.5 Å². The zero-order valence-corrected chi connectivity index (χ0v) is 17.3. The molecule has 4 nitrogen and oxygen atoms in total. The second-order valence-corrected chi connectivity index (χ2v) is 8.44. The van der Waals surface area contributed by atoms with E-state index in [4.69, 9.17) is 11.6 Å². The number of fused-ring (bicyclic) bond motifs is 1. The molecule has 0 N–H and O–H groups in total. The number of hydrogen-bond acceptors (Lipinski definition) is 4. The third-order valence-electron chi connectivity index (χ3n) is 4.89. The summed E-state index contributed by atoms with van der Waals surface area (Å²) in [5.74, 6) is -0.250. The van der Waals surface area contributed by atoms with E-state index in [1.165, 1.54) is 10.5 Å². The van der Waals surface area contributed by atoms with E-state index in [1.54, 1.807) is 13.0 Å². The van der Waals surface area contributed by atoms with Gasteiger partial charge in [-0.2, -0.15) is 0 Å². The van der Waals surface area contributed by atoms with Crippen molar-refractivity contribution in [1.82, 2.24) is 4.90 Å². The van der Waals surface area contributed by atoms with Crippen LogP contribution in [0.2, 0.25) is 5.02 Å². The van der Waals surface area contributed by atoms with Crippen molar-refractivity contribution >= 4 is 51.8 Å². The maximum absolute atomic E-state index is 12.4. The SMILES string of the molecule is CCN1C(=O)S/C(=C/c2cc3c(cc2Cl)N(CC)C(C)(C)C=C3C)C1=O. The van der Waals surface area contributed by atoms with E-state index in [2.05, 4.69) is 38.7 Å². The van der Waals surface area contributed by atoms with E-state index in [-0.39, 0.29) is 16.7 Å². The summed E-state index contributed by atoms with van der Waals surface area (Å²) in [6, 6.07) is 3.98. The van der Waals surface area contributed by atoms with E-state index >= 15 is 0 Å². The van der Waals surface area contributed by atoms with Crippen LogP contribution in [0.4, 0.5) is 10.5 Å². The molecule has 0 spiro atoms. The minimum absolute atomic E-state index is 0.0829. The second kappa shape index (κ2) is 6.78. The molecular weight excluding hydrogens is 368 g/mol. The normalized spacial score (nSPS) is 20.7. The van der Waals surface area contributed by atoms with Gasteiger partial charge in [0, 0.05) is 29.4 Å². The van der Waals surface area contributed by atoms with Crippen molar-refractivity contribution in [3.8, 4) is 0 Å². The summed E-state index contributed by atoms with van der Waals surface area (Å²) in [6.45, 7) is 11.6. The molecule has 3 rings (SSSR count). The lowest BCUT2D eigenvalue weighted by molar-refractivity contribution is -0.122. The predicted octanol–water partition coefficient (Wildman–Crippen LogP) is 5.42. The maximum atomic E-state index is 12.4. The van der Waals surface area contributed by atoms with Crippen molar-refractivity contribution in [2.45, 2.75) is 40.2 Å². The lowest BCUT2D eigenvalue weighted by Crippen LogP contribution is -2.44. The minimum atomic E-state index is -0.250. The quantitative estimate of drug-likeness (QED) is 0.646. The zero-order valence-electron chi connectivity index (χ0n) is 15.7. The fourth-order valence-electron chi connectivity index (χ4n) is 3.72. The Kier molecular flexibility index (Phi) is 4.97. The molecule has 6 heteroatoms. The van der Waals surface area contributed by atoms with Crippen molar-refractivity contribution < 1.29 is 9.59 Å². The largest absolute Gasteiger partial charge is 0.363 e. The van der Waals surface area contributed by atoms with E-state index in [9.17, 15) is 9.59 Å². The standard InChI is InChI=1S/C20H23ClN2O2S/c1-6-22-18(24)17(26-19(22)25)9-13-8-14-12(3)11-20(4,5)23(7-2)16(14)10-15(13)21/h8-11H,6-7H2,1-5H3/b17-9+. The van der Waals surface area contributed by atoms with Gasteiger partial charge in [-0.15, -0.1) is 0 Å². The summed E-state index contributed by atoms with van der Waals surface area (Å²) < 4.78 is 0. The van der Waals surface area contributed by atoms with Crippen LogP contribution in [-0.2, 0) is 4.79 Å². The molecule has 2 amide bonds. The van der Waals surface area contributed by atoms with E-state index in [1.807, 2.05) is 12.1 Å². The molecule has 0 saturated carbocycles. The van der Waals surface area contributed by atoms with E-state index in [0.717, 1.165) is 35.1 Å².